The number of nitrogens with one attached hydrogen (secondary N) is 1. The van der Waals surface area contributed by atoms with E-state index in [-0.39, 0.29) is 12.0 Å². The summed E-state index contributed by atoms with van der Waals surface area (Å²) in [6.45, 7) is 6.83. The number of aliphatic carboxylic acids is 1. The first kappa shape index (κ1) is 12.8. The lowest BCUT2D eigenvalue weighted by Gasteiger charge is -2.35. The first-order chi connectivity index (χ1) is 8.16. The molecule has 0 aromatic carbocycles. The molecule has 3 unspecified atom stereocenters. The Bertz CT molecular complexity index is 264. The summed E-state index contributed by atoms with van der Waals surface area (Å²) in [5.74, 6) is -0.168. The molecule has 1 saturated heterocycles. The fourth-order valence-corrected chi connectivity index (χ4v) is 2.86. The topological polar surface area (TPSA) is 52.6 Å². The number of nitrogens with zero attached hydrogens (tertiary/aromatic N) is 1. The quantitative estimate of drug-likeness (QED) is 0.732. The van der Waals surface area contributed by atoms with Gasteiger partial charge in [-0.25, -0.2) is 0 Å². The Labute approximate surface area is 103 Å². The SMILES string of the molecule is CC(CNC1CCC1C(=O)O)CN1CCCC1. The van der Waals surface area contributed by atoms with Gasteiger partial charge in [-0.3, -0.25) is 4.79 Å². The Morgan fingerprint density at radius 1 is 1.41 bits per heavy atom. The van der Waals surface area contributed by atoms with Crippen molar-refractivity contribution in [1.29, 1.82) is 0 Å². The van der Waals surface area contributed by atoms with Crippen LogP contribution in [0, 0.1) is 11.8 Å². The third kappa shape index (κ3) is 3.42. The number of likely N-dealkylation sites (tertiary alicyclic amines) is 1. The van der Waals surface area contributed by atoms with Crippen LogP contribution in [0.25, 0.3) is 0 Å². The highest BCUT2D eigenvalue weighted by Crippen LogP contribution is 2.27. The molecule has 0 bridgehead atoms. The maximum Gasteiger partial charge on any atom is 0.308 e. The molecule has 0 aromatic rings. The van der Waals surface area contributed by atoms with Crippen molar-refractivity contribution >= 4 is 5.97 Å². The van der Waals surface area contributed by atoms with Crippen molar-refractivity contribution in [3.05, 3.63) is 0 Å². The van der Waals surface area contributed by atoms with Crippen molar-refractivity contribution in [2.75, 3.05) is 26.2 Å². The summed E-state index contributed by atoms with van der Waals surface area (Å²) < 4.78 is 0. The molecular weight excluding hydrogens is 216 g/mol. The van der Waals surface area contributed by atoms with Gasteiger partial charge in [-0.05, 0) is 51.2 Å². The molecule has 0 spiro atoms. The molecule has 17 heavy (non-hydrogen) atoms. The standard InChI is InChI=1S/C13H24N2O2/c1-10(9-15-6-2-3-7-15)8-14-12-5-4-11(12)13(16)17/h10-12,14H,2-9H2,1H3,(H,16,17). The lowest BCUT2D eigenvalue weighted by Crippen LogP contribution is -2.49. The first-order valence-electron chi connectivity index (χ1n) is 6.85. The molecule has 2 aliphatic rings. The summed E-state index contributed by atoms with van der Waals surface area (Å²) in [5, 5.41) is 12.4. The van der Waals surface area contributed by atoms with E-state index in [1.165, 1.54) is 25.9 Å². The minimum absolute atomic E-state index is 0.144. The zero-order chi connectivity index (χ0) is 12.3. The fourth-order valence-electron chi connectivity index (χ4n) is 2.86. The Morgan fingerprint density at radius 3 is 2.65 bits per heavy atom. The number of carboxylic acids is 1. The van der Waals surface area contributed by atoms with Crippen molar-refractivity contribution < 1.29 is 9.90 Å². The highest BCUT2D eigenvalue weighted by atomic mass is 16.4. The van der Waals surface area contributed by atoms with Gasteiger partial charge in [0, 0.05) is 12.6 Å². The monoisotopic (exact) mass is 240 g/mol. The van der Waals surface area contributed by atoms with Crippen LogP contribution < -0.4 is 5.32 Å². The van der Waals surface area contributed by atoms with Gasteiger partial charge in [0.05, 0.1) is 5.92 Å². The lowest BCUT2D eigenvalue weighted by molar-refractivity contribution is -0.146. The van der Waals surface area contributed by atoms with Crippen molar-refractivity contribution in [2.24, 2.45) is 11.8 Å². The predicted octanol–water partition coefficient (Wildman–Crippen LogP) is 1.17. The highest BCUT2D eigenvalue weighted by Gasteiger charge is 2.36. The molecule has 1 aliphatic heterocycles. The van der Waals surface area contributed by atoms with Crippen LogP contribution in [0.4, 0.5) is 0 Å². The first-order valence-corrected chi connectivity index (χ1v) is 6.85. The van der Waals surface area contributed by atoms with E-state index in [9.17, 15) is 4.79 Å². The van der Waals surface area contributed by atoms with E-state index in [0.717, 1.165) is 25.9 Å². The van der Waals surface area contributed by atoms with E-state index in [2.05, 4.69) is 17.1 Å². The van der Waals surface area contributed by atoms with Gasteiger partial charge < -0.3 is 15.3 Å². The van der Waals surface area contributed by atoms with Crippen LogP contribution >= 0.6 is 0 Å². The molecule has 0 radical (unpaired) electrons. The Kier molecular flexibility index (Phi) is 4.40. The number of hydrogen-bond donors (Lipinski definition) is 2. The van der Waals surface area contributed by atoms with Crippen LogP contribution in [-0.2, 0) is 4.79 Å². The molecule has 2 fully saturated rings. The second kappa shape index (κ2) is 5.83. The van der Waals surface area contributed by atoms with Crippen LogP contribution in [0.5, 0.6) is 0 Å². The van der Waals surface area contributed by atoms with Crippen molar-refractivity contribution in [3.8, 4) is 0 Å². The van der Waals surface area contributed by atoms with Crippen LogP contribution in [-0.4, -0.2) is 48.2 Å². The van der Waals surface area contributed by atoms with Crippen LogP contribution in [0.1, 0.15) is 32.6 Å². The molecule has 98 valence electrons. The fraction of sp³-hybridized carbons (Fsp3) is 0.923. The summed E-state index contributed by atoms with van der Waals surface area (Å²) in [6, 6.07) is 0.216. The second-order valence-corrected chi connectivity index (χ2v) is 5.65. The molecule has 1 heterocycles. The number of hydrogen-bond acceptors (Lipinski definition) is 3. The summed E-state index contributed by atoms with van der Waals surface area (Å²) >= 11 is 0. The average Bonchev–Trinajstić information content (AvgIpc) is 2.67. The molecule has 4 nitrogen and oxygen atoms in total. The molecule has 0 aromatic heterocycles. The third-order valence-electron chi connectivity index (χ3n) is 4.09. The zero-order valence-electron chi connectivity index (χ0n) is 10.7. The van der Waals surface area contributed by atoms with Gasteiger partial charge in [-0.2, -0.15) is 0 Å². The van der Waals surface area contributed by atoms with E-state index in [1.807, 2.05) is 0 Å². The highest BCUT2D eigenvalue weighted by molar-refractivity contribution is 5.72. The normalized spacial score (nSPS) is 31.1. The number of carbonyl (C=O) groups is 1. The van der Waals surface area contributed by atoms with Crippen molar-refractivity contribution in [2.45, 2.75) is 38.6 Å². The van der Waals surface area contributed by atoms with Gasteiger partial charge >= 0.3 is 5.97 Å². The third-order valence-corrected chi connectivity index (χ3v) is 4.09. The van der Waals surface area contributed by atoms with Gasteiger partial charge in [0.2, 0.25) is 0 Å². The maximum atomic E-state index is 10.9. The van der Waals surface area contributed by atoms with Crippen LogP contribution in [0.3, 0.4) is 0 Å². The van der Waals surface area contributed by atoms with E-state index >= 15 is 0 Å². The summed E-state index contributed by atoms with van der Waals surface area (Å²) in [4.78, 5) is 13.4. The summed E-state index contributed by atoms with van der Waals surface area (Å²) in [7, 11) is 0. The van der Waals surface area contributed by atoms with Crippen LogP contribution in [0.15, 0.2) is 0 Å². The molecule has 3 atom stereocenters. The Morgan fingerprint density at radius 2 is 2.12 bits per heavy atom. The largest absolute Gasteiger partial charge is 0.481 e. The van der Waals surface area contributed by atoms with Gasteiger partial charge in [-0.15, -0.1) is 0 Å². The lowest BCUT2D eigenvalue weighted by atomic mass is 9.79. The number of carboxylic acid groups (broad SMARTS) is 1. The minimum Gasteiger partial charge on any atom is -0.481 e. The van der Waals surface area contributed by atoms with E-state index < -0.39 is 5.97 Å². The molecule has 0 amide bonds. The second-order valence-electron chi connectivity index (χ2n) is 5.65. The van der Waals surface area contributed by atoms with Gasteiger partial charge in [0.15, 0.2) is 0 Å². The zero-order valence-corrected chi connectivity index (χ0v) is 10.7. The van der Waals surface area contributed by atoms with E-state index in [4.69, 9.17) is 5.11 Å². The van der Waals surface area contributed by atoms with Gasteiger partial charge in [0.25, 0.3) is 0 Å². The van der Waals surface area contributed by atoms with Crippen molar-refractivity contribution in [1.82, 2.24) is 10.2 Å². The van der Waals surface area contributed by atoms with E-state index in [0.29, 0.717) is 5.92 Å². The molecule has 1 aliphatic carbocycles. The Hall–Kier alpha value is -0.610. The minimum atomic E-state index is -0.638. The molecule has 2 N–H and O–H groups in total. The molecule has 2 rings (SSSR count). The Balaban J connectivity index is 1.62. The summed E-state index contributed by atoms with van der Waals surface area (Å²) in [5.41, 5.74) is 0. The van der Waals surface area contributed by atoms with E-state index in [1.54, 1.807) is 0 Å². The average molecular weight is 240 g/mol. The summed E-state index contributed by atoms with van der Waals surface area (Å²) in [6.07, 6.45) is 4.54. The maximum absolute atomic E-state index is 10.9. The molecular formula is C13H24N2O2. The van der Waals surface area contributed by atoms with Crippen LogP contribution in [0.2, 0.25) is 0 Å². The smallest absolute Gasteiger partial charge is 0.308 e. The predicted molar refractivity (Wildman–Crippen MR) is 67.0 cm³/mol. The van der Waals surface area contributed by atoms with Gasteiger partial charge in [-0.1, -0.05) is 6.92 Å². The molecule has 1 saturated carbocycles. The molecule has 4 heteroatoms. The number of rotatable bonds is 6. The van der Waals surface area contributed by atoms with Gasteiger partial charge in [0.1, 0.15) is 0 Å². The van der Waals surface area contributed by atoms with Crippen molar-refractivity contribution in [3.63, 3.8) is 0 Å².